The van der Waals surface area contributed by atoms with Crippen LogP contribution in [0.25, 0.3) is 0 Å². The Balaban J connectivity index is 2.07. The van der Waals surface area contributed by atoms with Crippen molar-refractivity contribution in [2.45, 2.75) is 31.3 Å². The lowest BCUT2D eigenvalue weighted by Crippen LogP contribution is -2.56. The van der Waals surface area contributed by atoms with E-state index in [-0.39, 0.29) is 12.4 Å². The monoisotopic (exact) mass is 257 g/mol. The first-order valence-corrected chi connectivity index (χ1v) is 5.84. The first kappa shape index (κ1) is 12.3. The number of carboxylic acids is 1. The van der Waals surface area contributed by atoms with Crippen molar-refractivity contribution >= 4 is 17.6 Å². The molecule has 0 radical (unpaired) electrons. The number of nitrogens with one attached hydrogen (secondary N) is 1. The highest BCUT2D eigenvalue weighted by Gasteiger charge is 2.43. The van der Waals surface area contributed by atoms with E-state index in [1.54, 1.807) is 0 Å². The van der Waals surface area contributed by atoms with E-state index in [9.17, 15) is 9.18 Å². The van der Waals surface area contributed by atoms with Crippen LogP contribution in [0.2, 0.25) is 5.02 Å². The van der Waals surface area contributed by atoms with Crippen LogP contribution in [0.4, 0.5) is 4.39 Å². The van der Waals surface area contributed by atoms with Crippen LogP contribution in [0.3, 0.4) is 0 Å². The molecule has 1 fully saturated rings. The second kappa shape index (κ2) is 4.63. The van der Waals surface area contributed by atoms with Crippen molar-refractivity contribution in [3.8, 4) is 0 Å². The first-order valence-electron chi connectivity index (χ1n) is 5.46. The molecule has 3 nitrogen and oxygen atoms in total. The number of aliphatic carboxylic acids is 1. The van der Waals surface area contributed by atoms with Gasteiger partial charge in [-0.25, -0.2) is 4.39 Å². The van der Waals surface area contributed by atoms with Gasteiger partial charge < -0.3 is 5.11 Å². The van der Waals surface area contributed by atoms with Gasteiger partial charge in [-0.1, -0.05) is 11.6 Å². The van der Waals surface area contributed by atoms with Crippen molar-refractivity contribution in [1.29, 1.82) is 0 Å². The molecule has 1 saturated carbocycles. The summed E-state index contributed by atoms with van der Waals surface area (Å²) in [4.78, 5) is 11.1. The molecule has 0 saturated heterocycles. The molecule has 0 unspecified atom stereocenters. The smallest absolute Gasteiger partial charge is 0.323 e. The van der Waals surface area contributed by atoms with E-state index in [0.29, 0.717) is 23.4 Å². The predicted molar refractivity (Wildman–Crippen MR) is 62.5 cm³/mol. The normalized spacial score (nSPS) is 17.5. The van der Waals surface area contributed by atoms with Gasteiger partial charge in [-0.05, 0) is 43.0 Å². The summed E-state index contributed by atoms with van der Waals surface area (Å²) in [5.74, 6) is -1.22. The Kier molecular flexibility index (Phi) is 3.35. The predicted octanol–water partition coefficient (Wildman–Crippen LogP) is 2.58. The third kappa shape index (κ3) is 2.42. The van der Waals surface area contributed by atoms with Gasteiger partial charge in [0.05, 0.1) is 0 Å². The molecular formula is C12H13ClFNO2. The molecule has 1 aliphatic rings. The summed E-state index contributed by atoms with van der Waals surface area (Å²) in [6, 6.07) is 4.08. The van der Waals surface area contributed by atoms with E-state index < -0.39 is 11.5 Å². The molecule has 0 aliphatic heterocycles. The second-order valence-electron chi connectivity index (χ2n) is 4.33. The topological polar surface area (TPSA) is 49.3 Å². The van der Waals surface area contributed by atoms with E-state index >= 15 is 0 Å². The third-order valence-corrected chi connectivity index (χ3v) is 3.61. The van der Waals surface area contributed by atoms with Gasteiger partial charge in [-0.3, -0.25) is 10.1 Å². The van der Waals surface area contributed by atoms with Gasteiger partial charge in [0.15, 0.2) is 0 Å². The van der Waals surface area contributed by atoms with Crippen LogP contribution in [-0.4, -0.2) is 16.6 Å². The van der Waals surface area contributed by atoms with Crippen molar-refractivity contribution in [1.82, 2.24) is 5.32 Å². The number of carboxylic acid groups (broad SMARTS) is 1. The van der Waals surface area contributed by atoms with E-state index in [2.05, 4.69) is 5.32 Å². The highest BCUT2D eigenvalue weighted by molar-refractivity contribution is 6.31. The highest BCUT2D eigenvalue weighted by atomic mass is 35.5. The van der Waals surface area contributed by atoms with Crippen LogP contribution in [-0.2, 0) is 11.3 Å². The Hall–Kier alpha value is -1.13. The summed E-state index contributed by atoms with van der Waals surface area (Å²) in [5.41, 5.74) is -0.269. The average Bonchev–Trinajstić information content (AvgIpc) is 2.21. The SMILES string of the molecule is O=C(O)C1(NCc2cc(F)ccc2Cl)CCC1. The van der Waals surface area contributed by atoms with Crippen molar-refractivity contribution in [2.75, 3.05) is 0 Å². The Labute approximate surface area is 104 Å². The number of carbonyl (C=O) groups is 1. The number of benzene rings is 1. The van der Waals surface area contributed by atoms with Gasteiger partial charge in [0.2, 0.25) is 0 Å². The Morgan fingerprint density at radius 3 is 2.76 bits per heavy atom. The number of halogens is 2. The van der Waals surface area contributed by atoms with Crippen LogP contribution >= 0.6 is 11.6 Å². The van der Waals surface area contributed by atoms with Crippen LogP contribution < -0.4 is 5.32 Å². The zero-order valence-corrected chi connectivity index (χ0v) is 9.93. The molecule has 17 heavy (non-hydrogen) atoms. The third-order valence-electron chi connectivity index (χ3n) is 3.24. The summed E-state index contributed by atoms with van der Waals surface area (Å²) in [6.45, 7) is 0.267. The fourth-order valence-electron chi connectivity index (χ4n) is 1.94. The molecule has 0 aromatic heterocycles. The Bertz CT molecular complexity index is 446. The quantitative estimate of drug-likeness (QED) is 0.872. The molecule has 0 amide bonds. The van der Waals surface area contributed by atoms with Crippen molar-refractivity contribution in [3.05, 3.63) is 34.6 Å². The summed E-state index contributed by atoms with van der Waals surface area (Å²) in [7, 11) is 0. The number of rotatable bonds is 4. The zero-order valence-electron chi connectivity index (χ0n) is 9.17. The van der Waals surface area contributed by atoms with E-state index in [1.165, 1.54) is 18.2 Å². The lowest BCUT2D eigenvalue weighted by Gasteiger charge is -2.38. The largest absolute Gasteiger partial charge is 0.480 e. The first-order chi connectivity index (χ1) is 8.03. The van der Waals surface area contributed by atoms with E-state index in [1.807, 2.05) is 0 Å². The maximum atomic E-state index is 13.0. The molecule has 1 aromatic rings. The summed E-state index contributed by atoms with van der Waals surface area (Å²) < 4.78 is 13.0. The van der Waals surface area contributed by atoms with Gasteiger partial charge in [-0.15, -0.1) is 0 Å². The standard InChI is InChI=1S/C12H13ClFNO2/c13-10-3-2-9(14)6-8(10)7-15-12(11(16)17)4-1-5-12/h2-3,6,15H,1,4-5,7H2,(H,16,17). The molecule has 2 rings (SSSR count). The minimum Gasteiger partial charge on any atom is -0.480 e. The highest BCUT2D eigenvalue weighted by Crippen LogP contribution is 2.32. The van der Waals surface area contributed by atoms with Crippen LogP contribution in [0, 0.1) is 5.82 Å². The maximum absolute atomic E-state index is 13.0. The summed E-state index contributed by atoms with van der Waals surface area (Å²) >= 11 is 5.91. The van der Waals surface area contributed by atoms with Gasteiger partial charge in [0.25, 0.3) is 0 Å². The Morgan fingerprint density at radius 2 is 2.24 bits per heavy atom. The van der Waals surface area contributed by atoms with E-state index in [0.717, 1.165) is 6.42 Å². The van der Waals surface area contributed by atoms with Gasteiger partial charge in [-0.2, -0.15) is 0 Å². The minimum atomic E-state index is -0.852. The summed E-state index contributed by atoms with van der Waals surface area (Å²) in [6.07, 6.45) is 2.11. The molecule has 1 aromatic carbocycles. The van der Waals surface area contributed by atoms with Crippen molar-refractivity contribution < 1.29 is 14.3 Å². The van der Waals surface area contributed by atoms with Gasteiger partial charge in [0.1, 0.15) is 11.4 Å². The molecular weight excluding hydrogens is 245 g/mol. The molecule has 5 heteroatoms. The van der Waals surface area contributed by atoms with Gasteiger partial charge in [0, 0.05) is 11.6 Å². The Morgan fingerprint density at radius 1 is 1.53 bits per heavy atom. The lowest BCUT2D eigenvalue weighted by molar-refractivity contribution is -0.148. The lowest BCUT2D eigenvalue weighted by atomic mass is 9.76. The molecule has 1 aliphatic carbocycles. The molecule has 0 spiro atoms. The molecule has 92 valence electrons. The van der Waals surface area contributed by atoms with Crippen molar-refractivity contribution in [2.24, 2.45) is 0 Å². The number of hydrogen-bond acceptors (Lipinski definition) is 2. The molecule has 0 atom stereocenters. The molecule has 0 bridgehead atoms. The van der Waals surface area contributed by atoms with E-state index in [4.69, 9.17) is 16.7 Å². The van der Waals surface area contributed by atoms with Crippen LogP contribution in [0.15, 0.2) is 18.2 Å². The van der Waals surface area contributed by atoms with Gasteiger partial charge >= 0.3 is 5.97 Å². The molecule has 0 heterocycles. The summed E-state index contributed by atoms with van der Waals surface area (Å²) in [5, 5.41) is 12.5. The second-order valence-corrected chi connectivity index (χ2v) is 4.74. The molecule has 2 N–H and O–H groups in total. The van der Waals surface area contributed by atoms with Crippen LogP contribution in [0.1, 0.15) is 24.8 Å². The fraction of sp³-hybridized carbons (Fsp3) is 0.417. The minimum absolute atomic E-state index is 0.267. The zero-order chi connectivity index (χ0) is 12.5. The number of hydrogen-bond donors (Lipinski definition) is 2. The van der Waals surface area contributed by atoms with Crippen LogP contribution in [0.5, 0.6) is 0 Å². The van der Waals surface area contributed by atoms with Crippen molar-refractivity contribution in [3.63, 3.8) is 0 Å². The maximum Gasteiger partial charge on any atom is 0.323 e. The average molecular weight is 258 g/mol. The fourth-order valence-corrected chi connectivity index (χ4v) is 2.12.